The molecule has 1 aromatic rings. The highest BCUT2D eigenvalue weighted by Crippen LogP contribution is 2.34. The van der Waals surface area contributed by atoms with E-state index in [9.17, 15) is 13.2 Å². The second kappa shape index (κ2) is 4.58. The average Bonchev–Trinajstić information content (AvgIpc) is 2.15. The molecule has 0 bridgehead atoms. The minimum absolute atomic E-state index is 0.106. The van der Waals surface area contributed by atoms with Crippen LogP contribution in [0.15, 0.2) is 12.1 Å². The zero-order chi connectivity index (χ0) is 11.6. The zero-order valence-corrected chi connectivity index (χ0v) is 10.1. The van der Waals surface area contributed by atoms with E-state index in [0.29, 0.717) is 3.57 Å². The lowest BCUT2D eigenvalue weighted by molar-refractivity contribution is -0.137. The fourth-order valence-corrected chi connectivity index (χ4v) is 2.26. The lowest BCUT2D eigenvalue weighted by Gasteiger charge is -2.12. The third-order valence-corrected chi connectivity index (χ3v) is 3.08. The first-order valence-electron chi connectivity index (χ1n) is 3.76. The monoisotopic (exact) mass is 345 g/mol. The van der Waals surface area contributed by atoms with Crippen LogP contribution in [-0.4, -0.2) is 0 Å². The van der Waals surface area contributed by atoms with Crippen LogP contribution in [0.1, 0.15) is 16.7 Å². The first kappa shape index (κ1) is 12.6. The van der Waals surface area contributed by atoms with Gasteiger partial charge in [0.2, 0.25) is 0 Å². The van der Waals surface area contributed by atoms with Crippen LogP contribution < -0.4 is 0 Å². The lowest BCUT2D eigenvalue weighted by Crippen LogP contribution is -2.10. The van der Waals surface area contributed by atoms with E-state index in [1.54, 1.807) is 6.07 Å². The van der Waals surface area contributed by atoms with E-state index < -0.39 is 11.7 Å². The summed E-state index contributed by atoms with van der Waals surface area (Å²) < 4.78 is 38.0. The van der Waals surface area contributed by atoms with Crippen LogP contribution in [0.5, 0.6) is 0 Å². The van der Waals surface area contributed by atoms with Crippen molar-refractivity contribution in [2.75, 3.05) is 0 Å². The summed E-state index contributed by atoms with van der Waals surface area (Å²) in [5.41, 5.74) is -1.08. The standard InChI is InChI=1S/C9H4ClF3IN/c10-3-5-6(4-15)7(9(11,12)13)1-2-8(5)14/h1-2H,3H2. The molecule has 0 amide bonds. The van der Waals surface area contributed by atoms with E-state index in [1.165, 1.54) is 6.07 Å². The van der Waals surface area contributed by atoms with Gasteiger partial charge in [0.1, 0.15) is 6.07 Å². The number of hydrogen-bond donors (Lipinski definition) is 0. The predicted octanol–water partition coefficient (Wildman–Crippen LogP) is 3.92. The Bertz CT molecular complexity index is 423. The van der Waals surface area contributed by atoms with Gasteiger partial charge in [0.25, 0.3) is 0 Å². The lowest BCUT2D eigenvalue weighted by atomic mass is 10.0. The highest BCUT2D eigenvalue weighted by Gasteiger charge is 2.34. The van der Waals surface area contributed by atoms with E-state index in [1.807, 2.05) is 22.6 Å². The van der Waals surface area contributed by atoms with Gasteiger partial charge in [-0.2, -0.15) is 18.4 Å². The van der Waals surface area contributed by atoms with Gasteiger partial charge in [-0.15, -0.1) is 11.6 Å². The molecule has 1 nitrogen and oxygen atoms in total. The van der Waals surface area contributed by atoms with Crippen LogP contribution in [0.3, 0.4) is 0 Å². The molecule has 0 aliphatic heterocycles. The third kappa shape index (κ3) is 2.55. The molecule has 0 fully saturated rings. The fourth-order valence-electron chi connectivity index (χ4n) is 1.12. The molecule has 0 aliphatic carbocycles. The van der Waals surface area contributed by atoms with Crippen molar-refractivity contribution in [2.45, 2.75) is 12.1 Å². The summed E-state index contributed by atoms with van der Waals surface area (Å²) >= 11 is 7.37. The van der Waals surface area contributed by atoms with E-state index in [2.05, 4.69) is 0 Å². The zero-order valence-electron chi connectivity index (χ0n) is 7.20. The van der Waals surface area contributed by atoms with E-state index >= 15 is 0 Å². The summed E-state index contributed by atoms with van der Waals surface area (Å²) in [7, 11) is 0. The van der Waals surface area contributed by atoms with Crippen molar-refractivity contribution in [3.05, 3.63) is 32.4 Å². The fraction of sp³-hybridized carbons (Fsp3) is 0.222. The van der Waals surface area contributed by atoms with Gasteiger partial charge in [-0.05, 0) is 40.3 Å². The van der Waals surface area contributed by atoms with Gasteiger partial charge in [0, 0.05) is 9.45 Å². The van der Waals surface area contributed by atoms with Crippen LogP contribution in [0.4, 0.5) is 13.2 Å². The van der Waals surface area contributed by atoms with Crippen molar-refractivity contribution in [1.29, 1.82) is 5.26 Å². The minimum Gasteiger partial charge on any atom is -0.192 e. The molecular formula is C9H4ClF3IN. The predicted molar refractivity (Wildman–Crippen MR) is 58.4 cm³/mol. The summed E-state index contributed by atoms with van der Waals surface area (Å²) in [6, 6.07) is 3.76. The number of benzene rings is 1. The Labute approximate surface area is 103 Å². The summed E-state index contributed by atoms with van der Waals surface area (Å²) in [4.78, 5) is 0. The first-order valence-corrected chi connectivity index (χ1v) is 5.37. The van der Waals surface area contributed by atoms with E-state index in [0.717, 1.165) is 6.07 Å². The molecule has 1 rings (SSSR count). The maximum absolute atomic E-state index is 12.5. The van der Waals surface area contributed by atoms with E-state index in [4.69, 9.17) is 16.9 Å². The Morgan fingerprint density at radius 2 is 2.00 bits per heavy atom. The molecule has 6 heteroatoms. The highest BCUT2D eigenvalue weighted by atomic mass is 127. The van der Waals surface area contributed by atoms with Crippen LogP contribution in [0.2, 0.25) is 0 Å². The van der Waals surface area contributed by atoms with Crippen LogP contribution in [0.25, 0.3) is 0 Å². The molecule has 0 saturated heterocycles. The quantitative estimate of drug-likeness (QED) is 0.559. The first-order chi connectivity index (χ1) is 6.91. The molecule has 0 radical (unpaired) electrons. The number of alkyl halides is 4. The Morgan fingerprint density at radius 1 is 1.40 bits per heavy atom. The topological polar surface area (TPSA) is 23.8 Å². The molecule has 0 unspecified atom stereocenters. The third-order valence-electron chi connectivity index (χ3n) is 1.81. The number of rotatable bonds is 1. The molecule has 0 N–H and O–H groups in total. The maximum atomic E-state index is 12.5. The van der Waals surface area contributed by atoms with Gasteiger partial charge in [0.05, 0.1) is 11.1 Å². The smallest absolute Gasteiger partial charge is 0.192 e. The molecule has 0 atom stereocenters. The van der Waals surface area contributed by atoms with Crippen LogP contribution in [0, 0.1) is 14.9 Å². The Hall–Kier alpha value is -0.480. The van der Waals surface area contributed by atoms with Crippen LogP contribution >= 0.6 is 34.2 Å². The Kier molecular flexibility index (Phi) is 3.84. The van der Waals surface area contributed by atoms with Crippen molar-refractivity contribution < 1.29 is 13.2 Å². The van der Waals surface area contributed by atoms with Gasteiger partial charge < -0.3 is 0 Å². The second-order valence-corrected chi connectivity index (χ2v) is 4.12. The van der Waals surface area contributed by atoms with Gasteiger partial charge in [-0.25, -0.2) is 0 Å². The summed E-state index contributed by atoms with van der Waals surface area (Å²) in [5.74, 6) is -0.106. The second-order valence-electron chi connectivity index (χ2n) is 2.69. The Morgan fingerprint density at radius 3 is 2.40 bits per heavy atom. The van der Waals surface area contributed by atoms with E-state index in [-0.39, 0.29) is 17.0 Å². The molecule has 0 aliphatic rings. The van der Waals surface area contributed by atoms with Crippen molar-refractivity contribution >= 4 is 34.2 Å². The van der Waals surface area contributed by atoms with Gasteiger partial charge in [-0.3, -0.25) is 0 Å². The summed E-state index contributed by atoms with van der Waals surface area (Å²) in [5, 5.41) is 8.71. The molecular weight excluding hydrogens is 341 g/mol. The number of nitrogens with zero attached hydrogens (tertiary/aromatic N) is 1. The number of halogens is 5. The van der Waals surface area contributed by atoms with Crippen molar-refractivity contribution in [1.82, 2.24) is 0 Å². The normalized spacial score (nSPS) is 11.2. The van der Waals surface area contributed by atoms with Crippen molar-refractivity contribution in [3.63, 3.8) is 0 Å². The average molecular weight is 345 g/mol. The molecule has 0 saturated carbocycles. The number of hydrogen-bond acceptors (Lipinski definition) is 1. The Balaban J connectivity index is 3.51. The van der Waals surface area contributed by atoms with Gasteiger partial charge >= 0.3 is 6.18 Å². The van der Waals surface area contributed by atoms with Gasteiger partial charge in [0.15, 0.2) is 0 Å². The number of nitriles is 1. The molecule has 0 spiro atoms. The summed E-state index contributed by atoms with van der Waals surface area (Å²) in [6.07, 6.45) is -4.52. The van der Waals surface area contributed by atoms with Crippen molar-refractivity contribution in [3.8, 4) is 6.07 Å². The SMILES string of the molecule is N#Cc1c(C(F)(F)F)ccc(I)c1CCl. The molecule has 0 aromatic heterocycles. The molecule has 15 heavy (non-hydrogen) atoms. The van der Waals surface area contributed by atoms with Crippen molar-refractivity contribution in [2.24, 2.45) is 0 Å². The molecule has 0 heterocycles. The molecule has 1 aromatic carbocycles. The highest BCUT2D eigenvalue weighted by molar-refractivity contribution is 14.1. The summed E-state index contributed by atoms with van der Waals surface area (Å²) in [6.45, 7) is 0. The molecule has 80 valence electrons. The maximum Gasteiger partial charge on any atom is 0.417 e. The minimum atomic E-state index is -4.52. The largest absolute Gasteiger partial charge is 0.417 e. The van der Waals surface area contributed by atoms with Gasteiger partial charge in [-0.1, -0.05) is 0 Å². The van der Waals surface area contributed by atoms with Crippen LogP contribution in [-0.2, 0) is 12.1 Å².